The summed E-state index contributed by atoms with van der Waals surface area (Å²) >= 11 is 1.79. The van der Waals surface area contributed by atoms with Gasteiger partial charge in [0.25, 0.3) is 0 Å². The first kappa shape index (κ1) is 39.2. The van der Waals surface area contributed by atoms with Gasteiger partial charge in [0.15, 0.2) is 17.5 Å². The number of aromatic amines is 1. The smallest absolute Gasteiger partial charge is 0.164 e. The van der Waals surface area contributed by atoms with Gasteiger partial charge in [-0.2, -0.15) is 0 Å². The lowest BCUT2D eigenvalue weighted by Gasteiger charge is -2.15. The van der Waals surface area contributed by atoms with Crippen LogP contribution in [0.2, 0.25) is 0 Å². The van der Waals surface area contributed by atoms with Crippen LogP contribution in [0.25, 0.3) is 143 Å². The molecule has 0 saturated carbocycles. The number of fused-ring (bicyclic) bond motifs is 9. The highest BCUT2D eigenvalue weighted by Gasteiger charge is 2.19. The first-order valence-corrected chi connectivity index (χ1v) is 23.8. The van der Waals surface area contributed by atoms with Crippen LogP contribution in [0.1, 0.15) is 0 Å². The van der Waals surface area contributed by atoms with Crippen molar-refractivity contribution in [3.8, 4) is 78.8 Å². The fraction of sp³-hybridized carbons (Fsp3) is 0. The van der Waals surface area contributed by atoms with E-state index in [-0.39, 0.29) is 0 Å². The molecule has 0 spiro atoms. The third kappa shape index (κ3) is 6.70. The van der Waals surface area contributed by atoms with Gasteiger partial charge in [0.05, 0.1) is 16.7 Å². The molecule has 69 heavy (non-hydrogen) atoms. The van der Waals surface area contributed by atoms with Crippen molar-refractivity contribution in [1.29, 1.82) is 0 Å². The summed E-state index contributed by atoms with van der Waals surface area (Å²) in [5, 5.41) is 6.89. The second kappa shape index (κ2) is 15.8. The fourth-order valence-corrected chi connectivity index (χ4v) is 11.1. The fourth-order valence-electron chi connectivity index (χ4n) is 9.96. The molecule has 0 aliphatic carbocycles. The molecule has 0 aliphatic heterocycles. The largest absolute Gasteiger partial charge is 0.456 e. The van der Waals surface area contributed by atoms with Crippen LogP contribution < -0.4 is 0 Å². The number of hydrogen-bond donors (Lipinski definition) is 1. The molecule has 5 aromatic heterocycles. The number of benzene rings is 9. The van der Waals surface area contributed by atoms with E-state index in [2.05, 4.69) is 175 Å². The number of nitrogens with one attached hydrogen (secondary N) is 1. The van der Waals surface area contributed by atoms with Crippen molar-refractivity contribution >= 4 is 75.3 Å². The van der Waals surface area contributed by atoms with Gasteiger partial charge in [0.2, 0.25) is 0 Å². The average Bonchev–Trinajstić information content (AvgIpc) is 4.17. The molecule has 322 valence electrons. The summed E-state index contributed by atoms with van der Waals surface area (Å²) in [5.41, 5.74) is 14.9. The lowest BCUT2D eigenvalue weighted by Crippen LogP contribution is -2.00. The van der Waals surface area contributed by atoms with Crippen molar-refractivity contribution in [2.75, 3.05) is 0 Å². The van der Waals surface area contributed by atoms with Gasteiger partial charge in [0.1, 0.15) is 11.2 Å². The molecule has 5 heterocycles. The zero-order chi connectivity index (χ0) is 45.4. The Morgan fingerprint density at radius 3 is 1.81 bits per heavy atom. The monoisotopic (exact) mass is 899 g/mol. The van der Waals surface area contributed by atoms with Gasteiger partial charge in [-0.25, -0.2) is 19.9 Å². The van der Waals surface area contributed by atoms with Gasteiger partial charge in [-0.1, -0.05) is 158 Å². The standard InChI is InChI=1S/C62H37N5OS/c1-3-12-38(13-4-1)51-36-52(64-59-49(51)29-26-39-30-31-63-58(39)59)45-33-43(32-44(34-45)46-18-11-20-54-57(46)50-17-7-9-19-53(50)68-54)37-22-24-41(25-23-37)61-65-60(40-14-5-2-6-15-40)66-62(67-61)42-27-28-48-47-16-8-10-21-55(47)69-56(48)35-42/h1-36,63H. The van der Waals surface area contributed by atoms with E-state index in [0.717, 1.165) is 105 Å². The molecule has 0 aliphatic rings. The number of nitrogens with zero attached hydrogens (tertiary/aromatic N) is 4. The average molecular weight is 900 g/mol. The number of aromatic nitrogens is 5. The minimum absolute atomic E-state index is 0.610. The Labute approximate surface area is 399 Å². The molecule has 7 heteroatoms. The minimum Gasteiger partial charge on any atom is -0.456 e. The predicted octanol–water partition coefficient (Wildman–Crippen LogP) is 16.8. The Hall–Kier alpha value is -9.04. The van der Waals surface area contributed by atoms with Crippen LogP contribution >= 0.6 is 11.3 Å². The molecule has 0 unspecified atom stereocenters. The zero-order valence-electron chi connectivity index (χ0n) is 36.9. The number of para-hydroxylation sites is 1. The summed E-state index contributed by atoms with van der Waals surface area (Å²) < 4.78 is 8.88. The number of H-pyrrole nitrogens is 1. The van der Waals surface area contributed by atoms with Gasteiger partial charge >= 0.3 is 0 Å². The van der Waals surface area contributed by atoms with E-state index < -0.39 is 0 Å². The molecule has 0 amide bonds. The Bertz CT molecular complexity index is 4310. The van der Waals surface area contributed by atoms with Crippen molar-refractivity contribution in [1.82, 2.24) is 24.9 Å². The van der Waals surface area contributed by atoms with E-state index >= 15 is 0 Å². The van der Waals surface area contributed by atoms with Gasteiger partial charge in [-0.3, -0.25) is 0 Å². The van der Waals surface area contributed by atoms with Gasteiger partial charge in [0, 0.05) is 70.2 Å². The van der Waals surface area contributed by atoms with E-state index in [1.165, 1.54) is 20.2 Å². The number of rotatable bonds is 7. The van der Waals surface area contributed by atoms with Crippen molar-refractivity contribution < 1.29 is 4.42 Å². The SMILES string of the molecule is c1ccc(-c2nc(-c3ccc(-c4cc(-c5cc(-c6ccccc6)c6ccc7cc[nH]c7c6n5)cc(-c5cccc6oc7ccccc7c56)c4)cc3)nc(-c3ccc4c(c3)sc3ccccc34)n2)cc1. The Morgan fingerprint density at radius 2 is 0.986 bits per heavy atom. The van der Waals surface area contributed by atoms with E-state index in [0.29, 0.717) is 17.5 Å². The van der Waals surface area contributed by atoms with Gasteiger partial charge in [-0.05, 0) is 88.0 Å². The molecule has 6 nitrogen and oxygen atoms in total. The van der Waals surface area contributed by atoms with Crippen LogP contribution in [0.3, 0.4) is 0 Å². The molecular weight excluding hydrogens is 863 g/mol. The van der Waals surface area contributed by atoms with Crippen LogP contribution in [0, 0.1) is 0 Å². The molecule has 0 saturated heterocycles. The minimum atomic E-state index is 0.610. The topological polar surface area (TPSA) is 80.5 Å². The summed E-state index contributed by atoms with van der Waals surface area (Å²) in [4.78, 5) is 24.3. The number of thiophene rings is 1. The van der Waals surface area contributed by atoms with Crippen LogP contribution in [-0.4, -0.2) is 24.9 Å². The summed E-state index contributed by atoms with van der Waals surface area (Å²) in [6, 6.07) is 74.6. The summed E-state index contributed by atoms with van der Waals surface area (Å²) in [6.07, 6.45) is 1.99. The van der Waals surface area contributed by atoms with Crippen LogP contribution in [-0.2, 0) is 0 Å². The van der Waals surface area contributed by atoms with E-state index in [1.807, 2.05) is 48.7 Å². The lowest BCUT2D eigenvalue weighted by molar-refractivity contribution is 0.669. The normalized spacial score (nSPS) is 11.8. The maximum absolute atomic E-state index is 6.42. The lowest BCUT2D eigenvalue weighted by atomic mass is 9.91. The number of hydrogen-bond acceptors (Lipinski definition) is 6. The third-order valence-electron chi connectivity index (χ3n) is 13.3. The third-order valence-corrected chi connectivity index (χ3v) is 14.4. The quantitative estimate of drug-likeness (QED) is 0.172. The molecule has 0 fully saturated rings. The van der Waals surface area contributed by atoms with Crippen LogP contribution in [0.15, 0.2) is 223 Å². The number of furan rings is 1. The zero-order valence-corrected chi connectivity index (χ0v) is 37.7. The summed E-state index contributed by atoms with van der Waals surface area (Å²) in [7, 11) is 0. The molecule has 0 bridgehead atoms. The predicted molar refractivity (Wildman–Crippen MR) is 285 cm³/mol. The van der Waals surface area contributed by atoms with Gasteiger partial charge < -0.3 is 9.40 Å². The molecular formula is C62H37N5OS. The maximum atomic E-state index is 6.42. The van der Waals surface area contributed by atoms with Gasteiger partial charge in [-0.15, -0.1) is 11.3 Å². The van der Waals surface area contributed by atoms with E-state index in [9.17, 15) is 0 Å². The Kier molecular flexibility index (Phi) is 8.97. The molecule has 0 atom stereocenters. The maximum Gasteiger partial charge on any atom is 0.164 e. The van der Waals surface area contributed by atoms with Crippen LogP contribution in [0.4, 0.5) is 0 Å². The summed E-state index contributed by atoms with van der Waals surface area (Å²) in [6.45, 7) is 0. The van der Waals surface area contributed by atoms with Crippen molar-refractivity contribution in [3.63, 3.8) is 0 Å². The van der Waals surface area contributed by atoms with Crippen molar-refractivity contribution in [2.24, 2.45) is 0 Å². The molecule has 9 aromatic carbocycles. The highest BCUT2D eigenvalue weighted by molar-refractivity contribution is 7.25. The van der Waals surface area contributed by atoms with E-state index in [4.69, 9.17) is 24.4 Å². The second-order valence-corrected chi connectivity index (χ2v) is 18.5. The highest BCUT2D eigenvalue weighted by atomic mass is 32.1. The Balaban J connectivity index is 0.937. The first-order chi connectivity index (χ1) is 34.1. The number of pyridine rings is 1. The van der Waals surface area contributed by atoms with Crippen LogP contribution in [0.5, 0.6) is 0 Å². The first-order valence-electron chi connectivity index (χ1n) is 23.0. The Morgan fingerprint density at radius 1 is 0.362 bits per heavy atom. The van der Waals surface area contributed by atoms with Crippen molar-refractivity contribution in [2.45, 2.75) is 0 Å². The van der Waals surface area contributed by atoms with E-state index in [1.54, 1.807) is 11.3 Å². The molecule has 0 radical (unpaired) electrons. The highest BCUT2D eigenvalue weighted by Crippen LogP contribution is 2.42. The molecule has 14 aromatic rings. The molecule has 14 rings (SSSR count). The summed E-state index contributed by atoms with van der Waals surface area (Å²) in [5.74, 6) is 1.87. The van der Waals surface area contributed by atoms with Crippen molar-refractivity contribution in [3.05, 3.63) is 219 Å². The molecule has 1 N–H and O–H groups in total. The second-order valence-electron chi connectivity index (χ2n) is 17.5.